The van der Waals surface area contributed by atoms with Crippen molar-refractivity contribution in [2.24, 2.45) is 5.92 Å². The van der Waals surface area contributed by atoms with E-state index < -0.39 is 0 Å². The normalized spacial score (nSPS) is 14.9. The molecule has 0 aromatic heterocycles. The zero-order chi connectivity index (χ0) is 19.2. The highest BCUT2D eigenvalue weighted by Gasteiger charge is 2.20. The van der Waals surface area contributed by atoms with Crippen LogP contribution in [0.15, 0.2) is 42.5 Å². The molecule has 144 valence electrons. The Balaban J connectivity index is 1.58. The molecule has 3 rings (SSSR count). The highest BCUT2D eigenvalue weighted by molar-refractivity contribution is 6.30. The van der Waals surface area contributed by atoms with E-state index in [1.165, 1.54) is 0 Å². The fraction of sp³-hybridized carbons (Fsp3) is 0.381. The zero-order valence-corrected chi connectivity index (χ0v) is 16.3. The molecule has 6 heteroatoms. The van der Waals surface area contributed by atoms with Crippen molar-refractivity contribution in [2.45, 2.75) is 19.3 Å². The Labute approximate surface area is 164 Å². The summed E-state index contributed by atoms with van der Waals surface area (Å²) in [7, 11) is 1.62. The second-order valence-electron chi connectivity index (χ2n) is 6.79. The number of hydrogen-bond donors (Lipinski definition) is 1. The lowest BCUT2D eigenvalue weighted by atomic mass is 9.97. The van der Waals surface area contributed by atoms with E-state index in [9.17, 15) is 4.79 Å². The first-order valence-corrected chi connectivity index (χ1v) is 9.37. The van der Waals surface area contributed by atoms with Gasteiger partial charge in [0.05, 0.1) is 26.9 Å². The molecule has 1 atom stereocenters. The van der Waals surface area contributed by atoms with Crippen molar-refractivity contribution in [3.63, 3.8) is 0 Å². The molecule has 1 aliphatic rings. The van der Waals surface area contributed by atoms with Crippen molar-refractivity contribution >= 4 is 23.2 Å². The van der Waals surface area contributed by atoms with Gasteiger partial charge in [0, 0.05) is 23.0 Å². The van der Waals surface area contributed by atoms with Crippen LogP contribution in [0, 0.1) is 5.92 Å². The monoisotopic (exact) mass is 389 g/mol. The Hall–Kier alpha value is -2.24. The predicted molar refractivity (Wildman–Crippen MR) is 106 cm³/mol. The molecule has 0 radical (unpaired) electrons. The van der Waals surface area contributed by atoms with E-state index in [0.717, 1.165) is 24.5 Å². The number of carbonyl (C=O) groups is 1. The van der Waals surface area contributed by atoms with E-state index in [2.05, 4.69) is 5.32 Å². The Morgan fingerprint density at radius 1 is 1.22 bits per heavy atom. The van der Waals surface area contributed by atoms with Crippen LogP contribution in [0.4, 0.5) is 5.69 Å². The van der Waals surface area contributed by atoms with Gasteiger partial charge < -0.3 is 19.5 Å². The van der Waals surface area contributed by atoms with Gasteiger partial charge in [0.25, 0.3) is 0 Å². The number of methoxy groups -OCH3 is 1. The second-order valence-corrected chi connectivity index (χ2v) is 7.22. The summed E-state index contributed by atoms with van der Waals surface area (Å²) in [5.41, 5.74) is 1.76. The van der Waals surface area contributed by atoms with Crippen molar-refractivity contribution in [1.29, 1.82) is 0 Å². The number of anilines is 1. The van der Waals surface area contributed by atoms with Crippen LogP contribution in [0.2, 0.25) is 5.02 Å². The summed E-state index contributed by atoms with van der Waals surface area (Å²) in [5.74, 6) is 1.84. The van der Waals surface area contributed by atoms with E-state index in [1.807, 2.05) is 25.1 Å². The van der Waals surface area contributed by atoms with Gasteiger partial charge in [0.2, 0.25) is 5.91 Å². The highest BCUT2D eigenvalue weighted by Crippen LogP contribution is 2.32. The summed E-state index contributed by atoms with van der Waals surface area (Å²) >= 11 is 5.86. The van der Waals surface area contributed by atoms with E-state index in [0.29, 0.717) is 35.5 Å². The zero-order valence-electron chi connectivity index (χ0n) is 15.5. The fourth-order valence-corrected chi connectivity index (χ4v) is 2.97. The standard InChI is InChI=1S/C21H24ClNO4/c1-14(9-21(24)23-18-6-4-17(22)5-7-18)16-3-8-19(20(10-16)25-2)27-13-15-11-26-12-15/h3-8,10,14-15H,9,11-13H2,1-2H3,(H,23,24). The summed E-state index contributed by atoms with van der Waals surface area (Å²) in [6.07, 6.45) is 0.366. The maximum Gasteiger partial charge on any atom is 0.224 e. The smallest absolute Gasteiger partial charge is 0.224 e. The van der Waals surface area contributed by atoms with Gasteiger partial charge in [0.1, 0.15) is 0 Å². The van der Waals surface area contributed by atoms with Gasteiger partial charge in [-0.05, 0) is 47.9 Å². The molecule has 1 amide bonds. The minimum absolute atomic E-state index is 0.0419. The average Bonchev–Trinajstić information content (AvgIpc) is 2.62. The largest absolute Gasteiger partial charge is 0.493 e. The van der Waals surface area contributed by atoms with Crippen molar-refractivity contribution < 1.29 is 19.0 Å². The first-order chi connectivity index (χ1) is 13.0. The molecule has 2 aromatic rings. The Kier molecular flexibility index (Phi) is 6.58. The molecule has 27 heavy (non-hydrogen) atoms. The molecular weight excluding hydrogens is 366 g/mol. The van der Waals surface area contributed by atoms with E-state index >= 15 is 0 Å². The molecule has 0 spiro atoms. The van der Waals surface area contributed by atoms with E-state index in [1.54, 1.807) is 31.4 Å². The number of rotatable bonds is 8. The third kappa shape index (κ3) is 5.37. The average molecular weight is 390 g/mol. The van der Waals surface area contributed by atoms with E-state index in [4.69, 9.17) is 25.8 Å². The van der Waals surface area contributed by atoms with Gasteiger partial charge >= 0.3 is 0 Å². The molecule has 0 bridgehead atoms. The van der Waals surface area contributed by atoms with Gasteiger partial charge in [0.15, 0.2) is 11.5 Å². The van der Waals surface area contributed by atoms with Gasteiger partial charge in [-0.1, -0.05) is 24.6 Å². The van der Waals surface area contributed by atoms with Crippen molar-refractivity contribution in [3.8, 4) is 11.5 Å². The van der Waals surface area contributed by atoms with Crippen molar-refractivity contribution in [2.75, 3.05) is 32.2 Å². The molecule has 1 unspecified atom stereocenters. The Morgan fingerprint density at radius 2 is 1.96 bits per heavy atom. The lowest BCUT2D eigenvalue weighted by Crippen LogP contribution is -2.32. The third-order valence-electron chi connectivity index (χ3n) is 4.56. The first kappa shape index (κ1) is 19.5. The molecule has 1 saturated heterocycles. The molecule has 1 fully saturated rings. The Morgan fingerprint density at radius 3 is 2.59 bits per heavy atom. The molecule has 0 aliphatic carbocycles. The molecular formula is C21H24ClNO4. The number of ether oxygens (including phenoxy) is 3. The van der Waals surface area contributed by atoms with Gasteiger partial charge in [-0.3, -0.25) is 4.79 Å². The summed E-state index contributed by atoms with van der Waals surface area (Å²) in [5, 5.41) is 3.53. The predicted octanol–water partition coefficient (Wildman–Crippen LogP) is 4.51. The lowest BCUT2D eigenvalue weighted by molar-refractivity contribution is -0.116. The topological polar surface area (TPSA) is 56.8 Å². The highest BCUT2D eigenvalue weighted by atomic mass is 35.5. The van der Waals surface area contributed by atoms with Gasteiger partial charge in [-0.25, -0.2) is 0 Å². The molecule has 0 saturated carbocycles. The number of nitrogens with one attached hydrogen (secondary N) is 1. The molecule has 1 heterocycles. The third-order valence-corrected chi connectivity index (χ3v) is 4.81. The number of carbonyl (C=O) groups excluding carboxylic acids is 1. The SMILES string of the molecule is COc1cc(C(C)CC(=O)Nc2ccc(Cl)cc2)ccc1OCC1COC1. The van der Waals surface area contributed by atoms with Crippen LogP contribution in [0.5, 0.6) is 11.5 Å². The Bertz CT molecular complexity index is 774. The quantitative estimate of drug-likeness (QED) is 0.721. The number of hydrogen-bond acceptors (Lipinski definition) is 4. The van der Waals surface area contributed by atoms with Crippen LogP contribution in [-0.2, 0) is 9.53 Å². The minimum atomic E-state index is -0.0471. The number of amides is 1. The lowest BCUT2D eigenvalue weighted by Gasteiger charge is -2.26. The molecule has 1 N–H and O–H groups in total. The van der Waals surface area contributed by atoms with Crippen LogP contribution in [-0.4, -0.2) is 32.8 Å². The summed E-state index contributed by atoms with van der Waals surface area (Å²) in [4.78, 5) is 12.3. The molecule has 5 nitrogen and oxygen atoms in total. The summed E-state index contributed by atoms with van der Waals surface area (Å²) in [6.45, 7) is 4.14. The van der Waals surface area contributed by atoms with E-state index in [-0.39, 0.29) is 11.8 Å². The van der Waals surface area contributed by atoms with Crippen LogP contribution in [0.3, 0.4) is 0 Å². The van der Waals surface area contributed by atoms with Crippen LogP contribution < -0.4 is 14.8 Å². The number of benzene rings is 2. The van der Waals surface area contributed by atoms with Gasteiger partial charge in [-0.15, -0.1) is 0 Å². The molecule has 1 aliphatic heterocycles. The van der Waals surface area contributed by atoms with Gasteiger partial charge in [-0.2, -0.15) is 0 Å². The summed E-state index contributed by atoms with van der Waals surface area (Å²) < 4.78 is 16.5. The molecule has 2 aromatic carbocycles. The van der Waals surface area contributed by atoms with Crippen molar-refractivity contribution in [3.05, 3.63) is 53.1 Å². The minimum Gasteiger partial charge on any atom is -0.493 e. The summed E-state index contributed by atoms with van der Waals surface area (Å²) in [6, 6.07) is 12.9. The first-order valence-electron chi connectivity index (χ1n) is 8.99. The van der Waals surface area contributed by atoms with Crippen LogP contribution in [0.1, 0.15) is 24.8 Å². The van der Waals surface area contributed by atoms with Crippen LogP contribution >= 0.6 is 11.6 Å². The number of halogens is 1. The fourth-order valence-electron chi connectivity index (χ4n) is 2.84. The van der Waals surface area contributed by atoms with Crippen molar-refractivity contribution in [1.82, 2.24) is 0 Å². The second kappa shape index (κ2) is 9.11. The van der Waals surface area contributed by atoms with Crippen LogP contribution in [0.25, 0.3) is 0 Å². The maximum atomic E-state index is 12.3. The maximum absolute atomic E-state index is 12.3.